The van der Waals surface area contributed by atoms with E-state index >= 15 is 0 Å². The van der Waals surface area contributed by atoms with Crippen molar-refractivity contribution in [3.8, 4) is 0 Å². The number of benzene rings is 3. The predicted octanol–water partition coefficient (Wildman–Crippen LogP) is 7.21. The summed E-state index contributed by atoms with van der Waals surface area (Å²) in [7, 11) is 2.15. The lowest BCUT2D eigenvalue weighted by Crippen LogP contribution is -2.46. The molecule has 37 heavy (non-hydrogen) atoms. The minimum atomic E-state index is -0.159. The number of halogens is 1. The van der Waals surface area contributed by atoms with Gasteiger partial charge in [0.05, 0.1) is 0 Å². The van der Waals surface area contributed by atoms with Crippen molar-refractivity contribution < 1.29 is 9.18 Å². The van der Waals surface area contributed by atoms with Crippen LogP contribution < -0.4 is 4.90 Å². The third-order valence-electron chi connectivity index (χ3n) is 7.35. The highest BCUT2D eigenvalue weighted by Crippen LogP contribution is 2.34. The maximum Gasteiger partial charge on any atom is 0.229 e. The van der Waals surface area contributed by atoms with Gasteiger partial charge in [0.25, 0.3) is 0 Å². The monoisotopic (exact) mass is 498 g/mol. The van der Waals surface area contributed by atoms with Crippen molar-refractivity contribution in [2.75, 3.05) is 25.0 Å². The summed E-state index contributed by atoms with van der Waals surface area (Å²) in [6, 6.07) is 21.9. The fraction of sp³-hybridized carbons (Fsp3) is 0.364. The summed E-state index contributed by atoms with van der Waals surface area (Å²) in [5.41, 5.74) is 6.44. The topological polar surface area (TPSA) is 23.6 Å². The van der Waals surface area contributed by atoms with Crippen LogP contribution in [0.1, 0.15) is 47.6 Å². The standard InChI is InChI=1S/C33H39FN2O/c1-24-18-28(14-10-11-17-35(4)22-27-12-6-5-7-13-27)19-25(2)32(24)36-23-29(20-26(3)33(36)37)21-30-15-8-9-16-31(30)34/h5-10,12-16,18-19,26,29H,11,17,20-23H2,1-4H3/b14-10+/t26-,29-/m1/s1. The maximum absolute atomic E-state index is 14.3. The molecule has 3 nitrogen and oxygen atoms in total. The average Bonchev–Trinajstić information content (AvgIpc) is 2.86. The van der Waals surface area contributed by atoms with Gasteiger partial charge in [0, 0.05) is 31.2 Å². The first-order valence-electron chi connectivity index (χ1n) is 13.4. The molecule has 0 bridgehead atoms. The van der Waals surface area contributed by atoms with Crippen LogP contribution in [0.3, 0.4) is 0 Å². The molecule has 0 spiro atoms. The molecule has 0 N–H and O–H groups in total. The summed E-state index contributed by atoms with van der Waals surface area (Å²) < 4.78 is 14.3. The van der Waals surface area contributed by atoms with Gasteiger partial charge in [-0.05, 0) is 92.1 Å². The fourth-order valence-corrected chi connectivity index (χ4v) is 5.61. The number of rotatable bonds is 9. The van der Waals surface area contributed by atoms with Crippen molar-refractivity contribution in [3.63, 3.8) is 0 Å². The number of anilines is 1. The van der Waals surface area contributed by atoms with Gasteiger partial charge in [0.1, 0.15) is 5.82 Å². The summed E-state index contributed by atoms with van der Waals surface area (Å²) in [5, 5.41) is 0. The van der Waals surface area contributed by atoms with E-state index in [0.717, 1.165) is 53.9 Å². The highest BCUT2D eigenvalue weighted by molar-refractivity contribution is 5.97. The predicted molar refractivity (Wildman–Crippen MR) is 152 cm³/mol. The summed E-state index contributed by atoms with van der Waals surface area (Å²) in [6.45, 7) is 8.74. The number of aryl methyl sites for hydroxylation is 2. The van der Waals surface area contributed by atoms with E-state index in [1.165, 1.54) is 11.6 Å². The fourth-order valence-electron chi connectivity index (χ4n) is 5.61. The molecule has 3 aromatic rings. The molecule has 3 aromatic carbocycles. The molecule has 194 valence electrons. The van der Waals surface area contributed by atoms with Gasteiger partial charge in [-0.15, -0.1) is 0 Å². The van der Waals surface area contributed by atoms with E-state index in [1.54, 1.807) is 6.07 Å². The minimum absolute atomic E-state index is 0.0724. The lowest BCUT2D eigenvalue weighted by Gasteiger charge is -2.38. The van der Waals surface area contributed by atoms with Crippen molar-refractivity contribution in [2.45, 2.75) is 46.6 Å². The van der Waals surface area contributed by atoms with E-state index in [-0.39, 0.29) is 23.6 Å². The molecule has 0 radical (unpaired) electrons. The molecule has 1 heterocycles. The molecule has 1 amide bonds. The van der Waals surface area contributed by atoms with Crippen LogP contribution >= 0.6 is 0 Å². The summed E-state index contributed by atoms with van der Waals surface area (Å²) in [4.78, 5) is 17.5. The highest BCUT2D eigenvalue weighted by atomic mass is 19.1. The summed E-state index contributed by atoms with van der Waals surface area (Å²) >= 11 is 0. The summed E-state index contributed by atoms with van der Waals surface area (Å²) in [5.74, 6) is 0.168. The van der Waals surface area contributed by atoms with Crippen LogP contribution in [-0.4, -0.2) is 30.9 Å². The molecule has 4 heteroatoms. The van der Waals surface area contributed by atoms with Crippen LogP contribution in [0.5, 0.6) is 0 Å². The second-order valence-corrected chi connectivity index (χ2v) is 10.7. The van der Waals surface area contributed by atoms with E-state index in [1.807, 2.05) is 30.0 Å². The van der Waals surface area contributed by atoms with Gasteiger partial charge >= 0.3 is 0 Å². The Morgan fingerprint density at radius 2 is 1.70 bits per heavy atom. The third kappa shape index (κ3) is 6.95. The van der Waals surface area contributed by atoms with Gasteiger partial charge in [0.15, 0.2) is 0 Å². The largest absolute Gasteiger partial charge is 0.311 e. The number of hydrogen-bond acceptors (Lipinski definition) is 2. The first kappa shape index (κ1) is 26.8. The highest BCUT2D eigenvalue weighted by Gasteiger charge is 2.34. The number of carbonyl (C=O) groups is 1. The van der Waals surface area contributed by atoms with Crippen molar-refractivity contribution in [2.24, 2.45) is 11.8 Å². The minimum Gasteiger partial charge on any atom is -0.311 e. The number of hydrogen-bond donors (Lipinski definition) is 0. The van der Waals surface area contributed by atoms with Gasteiger partial charge in [-0.1, -0.05) is 67.6 Å². The normalized spacial score (nSPS) is 18.2. The average molecular weight is 499 g/mol. The molecule has 0 aliphatic carbocycles. The lowest BCUT2D eigenvalue weighted by molar-refractivity contribution is -0.124. The van der Waals surface area contributed by atoms with Crippen LogP contribution in [0, 0.1) is 31.5 Å². The van der Waals surface area contributed by atoms with Crippen LogP contribution in [0.2, 0.25) is 0 Å². The molecular weight excluding hydrogens is 459 g/mol. The Morgan fingerprint density at radius 1 is 1.03 bits per heavy atom. The smallest absolute Gasteiger partial charge is 0.229 e. The molecular formula is C33H39FN2O. The number of nitrogens with zero attached hydrogens (tertiary/aromatic N) is 2. The zero-order chi connectivity index (χ0) is 26.4. The van der Waals surface area contributed by atoms with Crippen molar-refractivity contribution in [1.29, 1.82) is 0 Å². The lowest BCUT2D eigenvalue weighted by atomic mass is 9.84. The Balaban J connectivity index is 1.41. The van der Waals surface area contributed by atoms with E-state index in [2.05, 4.69) is 74.3 Å². The Hall–Kier alpha value is -3.24. The first-order chi connectivity index (χ1) is 17.8. The van der Waals surface area contributed by atoms with Crippen molar-refractivity contribution >= 4 is 17.7 Å². The van der Waals surface area contributed by atoms with Crippen molar-refractivity contribution in [3.05, 3.63) is 106 Å². The Labute approximate surface area is 221 Å². The van der Waals surface area contributed by atoms with Crippen LogP contribution in [0.25, 0.3) is 6.08 Å². The van der Waals surface area contributed by atoms with Crippen LogP contribution in [0.15, 0.2) is 72.8 Å². The molecule has 1 saturated heterocycles. The van der Waals surface area contributed by atoms with Crippen LogP contribution in [-0.2, 0) is 17.8 Å². The third-order valence-corrected chi connectivity index (χ3v) is 7.35. The van der Waals surface area contributed by atoms with Crippen molar-refractivity contribution in [1.82, 2.24) is 4.90 Å². The Kier molecular flexibility index (Phi) is 8.94. The molecule has 2 atom stereocenters. The van der Waals surface area contributed by atoms with E-state index in [9.17, 15) is 9.18 Å². The van der Waals surface area contributed by atoms with Gasteiger partial charge in [0.2, 0.25) is 5.91 Å². The molecule has 1 fully saturated rings. The van der Waals surface area contributed by atoms with E-state index in [4.69, 9.17) is 0 Å². The van der Waals surface area contributed by atoms with Gasteiger partial charge < -0.3 is 9.80 Å². The number of carbonyl (C=O) groups excluding carboxylic acids is 1. The zero-order valence-corrected chi connectivity index (χ0v) is 22.6. The molecule has 1 aliphatic heterocycles. The SMILES string of the molecule is Cc1cc(/C=C/CCN(C)Cc2ccccc2)cc(C)c1N1C[C@@H](Cc2ccccc2F)C[C@@H](C)C1=O. The first-order valence-corrected chi connectivity index (χ1v) is 13.4. The van der Waals surface area contributed by atoms with Gasteiger partial charge in [-0.25, -0.2) is 4.39 Å². The van der Waals surface area contributed by atoms with E-state index in [0.29, 0.717) is 13.0 Å². The second kappa shape index (κ2) is 12.3. The second-order valence-electron chi connectivity index (χ2n) is 10.7. The number of amides is 1. The zero-order valence-electron chi connectivity index (χ0n) is 22.6. The Morgan fingerprint density at radius 3 is 2.41 bits per heavy atom. The van der Waals surface area contributed by atoms with Gasteiger partial charge in [-0.2, -0.15) is 0 Å². The van der Waals surface area contributed by atoms with Crippen LogP contribution in [0.4, 0.5) is 10.1 Å². The molecule has 0 saturated carbocycles. The quantitative estimate of drug-likeness (QED) is 0.311. The van der Waals surface area contributed by atoms with E-state index < -0.39 is 0 Å². The molecule has 4 rings (SSSR count). The Bertz CT molecular complexity index is 1210. The molecule has 1 aliphatic rings. The summed E-state index contributed by atoms with van der Waals surface area (Å²) in [6.07, 6.45) is 6.83. The van der Waals surface area contributed by atoms with Gasteiger partial charge in [-0.3, -0.25) is 4.79 Å². The molecule has 0 aromatic heterocycles. The molecule has 0 unspecified atom stereocenters. The maximum atomic E-state index is 14.3. The number of piperidine rings is 1.